The van der Waals surface area contributed by atoms with E-state index >= 15 is 0 Å². The molecule has 0 aromatic carbocycles. The number of hydrogen-bond donors (Lipinski definition) is 2. The van der Waals surface area contributed by atoms with Crippen LogP contribution in [0.15, 0.2) is 30.6 Å². The Hall–Kier alpha value is -2.83. The number of amides is 1. The highest BCUT2D eigenvalue weighted by Crippen LogP contribution is 2.12. The molecule has 7 heteroatoms. The molecule has 0 atom stereocenters. The van der Waals surface area contributed by atoms with E-state index in [1.54, 1.807) is 18.5 Å². The smallest absolute Gasteiger partial charge is 0.270 e. The van der Waals surface area contributed by atoms with Crippen molar-refractivity contribution < 1.29 is 4.79 Å². The van der Waals surface area contributed by atoms with Crippen molar-refractivity contribution in [3.05, 3.63) is 47.8 Å². The number of aromatic nitrogens is 5. The van der Waals surface area contributed by atoms with Gasteiger partial charge < -0.3 is 5.32 Å². The standard InChI is InChI=1S/C15H16N6O/c1-9(2)13-17-7-5-11(19-13)15(22)18-8-12-10-4-3-6-16-14(10)21-20-12/h3-7,9H,8H2,1-2H3,(H,18,22)(H,16,20,21). The molecule has 0 saturated carbocycles. The predicted molar refractivity (Wildman–Crippen MR) is 81.2 cm³/mol. The molecule has 2 N–H and O–H groups in total. The summed E-state index contributed by atoms with van der Waals surface area (Å²) >= 11 is 0. The fraction of sp³-hybridized carbons (Fsp3) is 0.267. The fourth-order valence-corrected chi connectivity index (χ4v) is 2.07. The number of H-pyrrole nitrogens is 1. The Morgan fingerprint density at radius 3 is 2.95 bits per heavy atom. The predicted octanol–water partition coefficient (Wildman–Crippen LogP) is 1.80. The van der Waals surface area contributed by atoms with Crippen LogP contribution < -0.4 is 5.32 Å². The van der Waals surface area contributed by atoms with Gasteiger partial charge in [-0.15, -0.1) is 0 Å². The molecule has 0 aliphatic carbocycles. The lowest BCUT2D eigenvalue weighted by atomic mass is 10.2. The van der Waals surface area contributed by atoms with Crippen molar-refractivity contribution in [2.24, 2.45) is 0 Å². The second-order valence-corrected chi connectivity index (χ2v) is 5.21. The second-order valence-electron chi connectivity index (χ2n) is 5.21. The van der Waals surface area contributed by atoms with Gasteiger partial charge >= 0.3 is 0 Å². The summed E-state index contributed by atoms with van der Waals surface area (Å²) in [6.45, 7) is 4.31. The van der Waals surface area contributed by atoms with Gasteiger partial charge in [0.15, 0.2) is 5.65 Å². The Morgan fingerprint density at radius 1 is 1.27 bits per heavy atom. The first kappa shape index (κ1) is 14.1. The third-order valence-corrected chi connectivity index (χ3v) is 3.26. The highest BCUT2D eigenvalue weighted by atomic mass is 16.1. The minimum atomic E-state index is -0.240. The molecule has 3 aromatic heterocycles. The lowest BCUT2D eigenvalue weighted by molar-refractivity contribution is 0.0945. The van der Waals surface area contributed by atoms with Crippen LogP contribution in [-0.2, 0) is 6.54 Å². The van der Waals surface area contributed by atoms with Crippen molar-refractivity contribution in [1.82, 2.24) is 30.5 Å². The van der Waals surface area contributed by atoms with Gasteiger partial charge in [0.2, 0.25) is 0 Å². The molecule has 0 fully saturated rings. The molecule has 3 rings (SSSR count). The molecule has 1 amide bonds. The minimum Gasteiger partial charge on any atom is -0.345 e. The number of nitrogens with zero attached hydrogens (tertiary/aromatic N) is 4. The van der Waals surface area contributed by atoms with E-state index in [4.69, 9.17) is 0 Å². The lowest BCUT2D eigenvalue weighted by Crippen LogP contribution is -2.24. The summed E-state index contributed by atoms with van der Waals surface area (Å²) in [7, 11) is 0. The lowest BCUT2D eigenvalue weighted by Gasteiger charge is -2.06. The Labute approximate surface area is 127 Å². The molecule has 22 heavy (non-hydrogen) atoms. The number of carbonyl (C=O) groups excluding carboxylic acids is 1. The van der Waals surface area contributed by atoms with Gasteiger partial charge in [-0.2, -0.15) is 5.10 Å². The topological polar surface area (TPSA) is 96.5 Å². The summed E-state index contributed by atoms with van der Waals surface area (Å²) in [4.78, 5) is 24.8. The Morgan fingerprint density at radius 2 is 2.14 bits per heavy atom. The average molecular weight is 296 g/mol. The molecule has 0 aliphatic rings. The van der Waals surface area contributed by atoms with Gasteiger partial charge in [-0.1, -0.05) is 13.8 Å². The maximum absolute atomic E-state index is 12.2. The first-order valence-corrected chi connectivity index (χ1v) is 7.04. The SMILES string of the molecule is CC(C)c1nccc(C(=O)NCc2[nH]nc3ncccc23)n1. The molecular formula is C15H16N6O. The van der Waals surface area contributed by atoms with Crippen LogP contribution in [0.25, 0.3) is 11.0 Å². The quantitative estimate of drug-likeness (QED) is 0.765. The Kier molecular flexibility index (Phi) is 3.78. The van der Waals surface area contributed by atoms with Gasteiger partial charge in [0.25, 0.3) is 5.91 Å². The molecule has 0 spiro atoms. The number of aromatic amines is 1. The number of nitrogens with one attached hydrogen (secondary N) is 2. The summed E-state index contributed by atoms with van der Waals surface area (Å²) < 4.78 is 0. The number of pyridine rings is 1. The summed E-state index contributed by atoms with van der Waals surface area (Å²) in [5, 5.41) is 10.7. The van der Waals surface area contributed by atoms with Crippen LogP contribution in [0.5, 0.6) is 0 Å². The van der Waals surface area contributed by atoms with Gasteiger partial charge in [-0.3, -0.25) is 9.89 Å². The van der Waals surface area contributed by atoms with Gasteiger partial charge in [0, 0.05) is 23.7 Å². The minimum absolute atomic E-state index is 0.176. The van der Waals surface area contributed by atoms with Crippen LogP contribution in [-0.4, -0.2) is 31.1 Å². The zero-order valence-corrected chi connectivity index (χ0v) is 12.4. The molecule has 0 unspecified atom stereocenters. The second kappa shape index (κ2) is 5.88. The number of rotatable bonds is 4. The van der Waals surface area contributed by atoms with Gasteiger partial charge in [0.1, 0.15) is 11.5 Å². The van der Waals surface area contributed by atoms with E-state index < -0.39 is 0 Å². The first-order chi connectivity index (χ1) is 10.6. The van der Waals surface area contributed by atoms with E-state index in [2.05, 4.69) is 30.5 Å². The van der Waals surface area contributed by atoms with Crippen LogP contribution in [0.1, 0.15) is 41.8 Å². The van der Waals surface area contributed by atoms with E-state index in [1.807, 2.05) is 26.0 Å². The van der Waals surface area contributed by atoms with Gasteiger partial charge in [-0.25, -0.2) is 15.0 Å². The van der Waals surface area contributed by atoms with Crippen LogP contribution in [0.4, 0.5) is 0 Å². The van der Waals surface area contributed by atoms with Gasteiger partial charge in [0.05, 0.1) is 12.2 Å². The van der Waals surface area contributed by atoms with Crippen LogP contribution in [0.3, 0.4) is 0 Å². The van der Waals surface area contributed by atoms with Crippen molar-refractivity contribution in [3.8, 4) is 0 Å². The van der Waals surface area contributed by atoms with Gasteiger partial charge in [-0.05, 0) is 18.2 Å². The maximum atomic E-state index is 12.2. The Balaban J connectivity index is 1.73. The highest BCUT2D eigenvalue weighted by Gasteiger charge is 2.12. The van der Waals surface area contributed by atoms with Crippen LogP contribution in [0, 0.1) is 0 Å². The normalized spacial score (nSPS) is 11.0. The molecule has 0 aliphatic heterocycles. The molecule has 0 saturated heterocycles. The number of carbonyl (C=O) groups is 1. The Bertz CT molecular complexity index is 810. The average Bonchev–Trinajstić information content (AvgIpc) is 2.96. The third-order valence-electron chi connectivity index (χ3n) is 3.26. The molecular weight excluding hydrogens is 280 g/mol. The zero-order chi connectivity index (χ0) is 15.5. The first-order valence-electron chi connectivity index (χ1n) is 7.04. The van der Waals surface area contributed by atoms with E-state index in [9.17, 15) is 4.79 Å². The third kappa shape index (κ3) is 2.78. The van der Waals surface area contributed by atoms with Crippen LogP contribution >= 0.6 is 0 Å². The van der Waals surface area contributed by atoms with Crippen LogP contribution in [0.2, 0.25) is 0 Å². The fourth-order valence-electron chi connectivity index (χ4n) is 2.07. The summed E-state index contributed by atoms with van der Waals surface area (Å²) in [5.41, 5.74) is 1.81. The monoisotopic (exact) mass is 296 g/mol. The maximum Gasteiger partial charge on any atom is 0.270 e. The highest BCUT2D eigenvalue weighted by molar-refractivity contribution is 5.92. The van der Waals surface area contributed by atoms with E-state index in [-0.39, 0.29) is 11.8 Å². The van der Waals surface area contributed by atoms with Crippen molar-refractivity contribution in [2.75, 3.05) is 0 Å². The molecule has 3 aromatic rings. The molecule has 3 heterocycles. The molecule has 0 radical (unpaired) electrons. The van der Waals surface area contributed by atoms with Crippen molar-refractivity contribution in [1.29, 1.82) is 0 Å². The molecule has 0 bridgehead atoms. The summed E-state index contributed by atoms with van der Waals surface area (Å²) in [6.07, 6.45) is 3.28. The van der Waals surface area contributed by atoms with E-state index in [1.165, 1.54) is 0 Å². The van der Waals surface area contributed by atoms with Crippen molar-refractivity contribution in [2.45, 2.75) is 26.3 Å². The number of hydrogen-bond acceptors (Lipinski definition) is 5. The zero-order valence-electron chi connectivity index (χ0n) is 12.4. The number of fused-ring (bicyclic) bond motifs is 1. The van der Waals surface area contributed by atoms with E-state index in [0.29, 0.717) is 23.7 Å². The molecule has 112 valence electrons. The largest absolute Gasteiger partial charge is 0.345 e. The van der Waals surface area contributed by atoms with Crippen molar-refractivity contribution in [3.63, 3.8) is 0 Å². The van der Waals surface area contributed by atoms with E-state index in [0.717, 1.165) is 11.1 Å². The molecule has 7 nitrogen and oxygen atoms in total. The summed E-state index contributed by atoms with van der Waals surface area (Å²) in [5.74, 6) is 0.593. The van der Waals surface area contributed by atoms with Crippen molar-refractivity contribution >= 4 is 16.9 Å². The summed E-state index contributed by atoms with van der Waals surface area (Å²) in [6, 6.07) is 5.35.